The van der Waals surface area contributed by atoms with Crippen LogP contribution in [-0.4, -0.2) is 17.1 Å². The molecular weight excluding hydrogens is 214 g/mol. The van der Waals surface area contributed by atoms with Crippen LogP contribution < -0.4 is 5.73 Å². The zero-order chi connectivity index (χ0) is 12.6. The van der Waals surface area contributed by atoms with E-state index < -0.39 is 12.0 Å². The van der Waals surface area contributed by atoms with Crippen molar-refractivity contribution in [2.45, 2.75) is 58.4 Å². The smallest absolute Gasteiger partial charge is 0.321 e. The molecule has 2 aliphatic carbocycles. The van der Waals surface area contributed by atoms with E-state index in [-0.39, 0.29) is 5.41 Å². The van der Waals surface area contributed by atoms with Crippen molar-refractivity contribution in [1.29, 1.82) is 0 Å². The molecule has 17 heavy (non-hydrogen) atoms. The molecule has 1 atom stereocenters. The quantitative estimate of drug-likeness (QED) is 0.792. The van der Waals surface area contributed by atoms with Crippen LogP contribution in [0.1, 0.15) is 52.4 Å². The van der Waals surface area contributed by atoms with Crippen LogP contribution in [0.5, 0.6) is 0 Å². The monoisotopic (exact) mass is 239 g/mol. The van der Waals surface area contributed by atoms with E-state index in [1.54, 1.807) is 0 Å². The maximum Gasteiger partial charge on any atom is 0.321 e. The second kappa shape index (κ2) is 4.60. The first-order chi connectivity index (χ1) is 7.97. The summed E-state index contributed by atoms with van der Waals surface area (Å²) in [5, 5.41) is 9.10. The molecule has 0 saturated heterocycles. The van der Waals surface area contributed by atoms with Gasteiger partial charge in [0.05, 0.1) is 0 Å². The van der Waals surface area contributed by atoms with Gasteiger partial charge in [-0.1, -0.05) is 13.8 Å². The van der Waals surface area contributed by atoms with Gasteiger partial charge >= 0.3 is 5.97 Å². The van der Waals surface area contributed by atoms with Gasteiger partial charge in [-0.15, -0.1) is 0 Å². The van der Waals surface area contributed by atoms with Crippen LogP contribution in [0.25, 0.3) is 0 Å². The Labute approximate surface area is 104 Å². The third-order valence-corrected chi connectivity index (χ3v) is 5.24. The predicted molar refractivity (Wildman–Crippen MR) is 67.6 cm³/mol. The fraction of sp³-hybridized carbons (Fsp3) is 0.929. The van der Waals surface area contributed by atoms with E-state index in [2.05, 4.69) is 13.8 Å². The predicted octanol–water partition coefficient (Wildman–Crippen LogP) is 2.64. The summed E-state index contributed by atoms with van der Waals surface area (Å²) in [5.74, 6) is 1.35. The van der Waals surface area contributed by atoms with Gasteiger partial charge in [0.1, 0.15) is 6.04 Å². The fourth-order valence-electron chi connectivity index (χ4n) is 3.72. The summed E-state index contributed by atoms with van der Waals surface area (Å²) in [6.07, 6.45) is 6.94. The van der Waals surface area contributed by atoms with Gasteiger partial charge in [-0.05, 0) is 61.7 Å². The maximum absolute atomic E-state index is 11.1. The molecule has 3 N–H and O–H groups in total. The van der Waals surface area contributed by atoms with Gasteiger partial charge in [-0.25, -0.2) is 0 Å². The molecule has 3 nitrogen and oxygen atoms in total. The van der Waals surface area contributed by atoms with E-state index in [1.807, 2.05) is 0 Å². The van der Waals surface area contributed by atoms with E-state index in [1.165, 1.54) is 25.7 Å². The minimum Gasteiger partial charge on any atom is -0.480 e. The highest BCUT2D eigenvalue weighted by Crippen LogP contribution is 2.58. The van der Waals surface area contributed by atoms with E-state index in [0.717, 1.165) is 24.7 Å². The molecule has 0 amide bonds. The number of carboxylic acids is 1. The summed E-state index contributed by atoms with van der Waals surface area (Å²) in [5.41, 5.74) is 5.83. The van der Waals surface area contributed by atoms with Crippen molar-refractivity contribution < 1.29 is 9.90 Å². The summed E-state index contributed by atoms with van der Waals surface area (Å²) in [7, 11) is 0. The molecule has 0 aromatic carbocycles. The van der Waals surface area contributed by atoms with Gasteiger partial charge in [0.15, 0.2) is 0 Å². The normalized spacial score (nSPS) is 33.4. The first kappa shape index (κ1) is 12.9. The second-order valence-corrected chi connectivity index (χ2v) is 6.40. The van der Waals surface area contributed by atoms with Gasteiger partial charge in [0.25, 0.3) is 0 Å². The minimum atomic E-state index is -0.812. The van der Waals surface area contributed by atoms with Gasteiger partial charge in [0.2, 0.25) is 0 Å². The molecule has 0 heterocycles. The first-order valence-electron chi connectivity index (χ1n) is 6.96. The molecule has 0 spiro atoms. The molecule has 0 radical (unpaired) electrons. The van der Waals surface area contributed by atoms with Crippen LogP contribution in [-0.2, 0) is 4.79 Å². The Morgan fingerprint density at radius 3 is 2.12 bits per heavy atom. The molecule has 2 aliphatic rings. The van der Waals surface area contributed by atoms with Crippen molar-refractivity contribution in [3.05, 3.63) is 0 Å². The SMILES string of the molecule is CC(C)C1CCC(C2(C(N)C(=O)O)CC2)CC1. The summed E-state index contributed by atoms with van der Waals surface area (Å²) in [6.45, 7) is 4.59. The van der Waals surface area contributed by atoms with Crippen molar-refractivity contribution in [3.8, 4) is 0 Å². The molecular formula is C14H25NO2. The van der Waals surface area contributed by atoms with Crippen molar-refractivity contribution in [3.63, 3.8) is 0 Å². The molecule has 1 unspecified atom stereocenters. The second-order valence-electron chi connectivity index (χ2n) is 6.40. The highest BCUT2D eigenvalue weighted by Gasteiger charge is 2.56. The molecule has 3 heteroatoms. The lowest BCUT2D eigenvalue weighted by molar-refractivity contribution is -0.141. The highest BCUT2D eigenvalue weighted by atomic mass is 16.4. The van der Waals surface area contributed by atoms with Crippen LogP contribution in [0, 0.1) is 23.2 Å². The summed E-state index contributed by atoms with van der Waals surface area (Å²) >= 11 is 0. The van der Waals surface area contributed by atoms with Crippen LogP contribution in [0.3, 0.4) is 0 Å². The number of rotatable bonds is 4. The van der Waals surface area contributed by atoms with Gasteiger partial charge < -0.3 is 10.8 Å². The number of hydrogen-bond acceptors (Lipinski definition) is 2. The molecule has 2 saturated carbocycles. The Balaban J connectivity index is 1.95. The van der Waals surface area contributed by atoms with E-state index in [9.17, 15) is 4.79 Å². The third-order valence-electron chi connectivity index (χ3n) is 5.24. The van der Waals surface area contributed by atoms with Crippen LogP contribution in [0.15, 0.2) is 0 Å². The van der Waals surface area contributed by atoms with Gasteiger partial charge in [-0.3, -0.25) is 4.79 Å². The summed E-state index contributed by atoms with van der Waals surface area (Å²) in [6, 6.07) is -0.636. The lowest BCUT2D eigenvalue weighted by atomic mass is 9.69. The lowest BCUT2D eigenvalue weighted by Gasteiger charge is -2.37. The molecule has 0 aromatic rings. The Hall–Kier alpha value is -0.570. The topological polar surface area (TPSA) is 63.3 Å². The average Bonchev–Trinajstić information content (AvgIpc) is 3.09. The van der Waals surface area contributed by atoms with Crippen LogP contribution in [0.4, 0.5) is 0 Å². The molecule has 0 bridgehead atoms. The first-order valence-corrected chi connectivity index (χ1v) is 6.96. The van der Waals surface area contributed by atoms with Crippen molar-refractivity contribution >= 4 is 5.97 Å². The van der Waals surface area contributed by atoms with Crippen molar-refractivity contribution in [1.82, 2.24) is 0 Å². The minimum absolute atomic E-state index is 0.0478. The summed E-state index contributed by atoms with van der Waals surface area (Å²) < 4.78 is 0. The Morgan fingerprint density at radius 2 is 1.76 bits per heavy atom. The Morgan fingerprint density at radius 1 is 1.24 bits per heavy atom. The van der Waals surface area contributed by atoms with Crippen LogP contribution >= 0.6 is 0 Å². The number of hydrogen-bond donors (Lipinski definition) is 2. The lowest BCUT2D eigenvalue weighted by Crippen LogP contribution is -2.44. The zero-order valence-electron chi connectivity index (χ0n) is 11.0. The van der Waals surface area contributed by atoms with Crippen LogP contribution in [0.2, 0.25) is 0 Å². The highest BCUT2D eigenvalue weighted by molar-refractivity contribution is 5.75. The number of carbonyl (C=O) groups is 1. The zero-order valence-corrected chi connectivity index (χ0v) is 11.0. The van der Waals surface area contributed by atoms with Crippen molar-refractivity contribution in [2.75, 3.05) is 0 Å². The third kappa shape index (κ3) is 2.35. The maximum atomic E-state index is 11.1. The molecule has 0 aromatic heterocycles. The largest absolute Gasteiger partial charge is 0.480 e. The molecule has 2 fully saturated rings. The molecule has 0 aliphatic heterocycles. The Kier molecular flexibility index (Phi) is 3.48. The fourth-order valence-corrected chi connectivity index (χ4v) is 3.72. The van der Waals surface area contributed by atoms with E-state index >= 15 is 0 Å². The van der Waals surface area contributed by atoms with E-state index in [4.69, 9.17) is 10.8 Å². The van der Waals surface area contributed by atoms with Gasteiger partial charge in [0, 0.05) is 0 Å². The van der Waals surface area contributed by atoms with E-state index in [0.29, 0.717) is 5.92 Å². The van der Waals surface area contributed by atoms with Gasteiger partial charge in [-0.2, -0.15) is 0 Å². The van der Waals surface area contributed by atoms with Crippen molar-refractivity contribution in [2.24, 2.45) is 28.9 Å². The number of aliphatic carboxylic acids is 1. The standard InChI is InChI=1S/C14H25NO2/c1-9(2)10-3-5-11(6-4-10)14(7-8-14)12(15)13(16)17/h9-12H,3-8,15H2,1-2H3,(H,16,17). The number of carboxylic acid groups (broad SMARTS) is 1. The average molecular weight is 239 g/mol. The molecule has 98 valence electrons. The molecule has 2 rings (SSSR count). The number of nitrogens with two attached hydrogens (primary N) is 1. The summed E-state index contributed by atoms with van der Waals surface area (Å²) in [4.78, 5) is 11.1. The Bertz CT molecular complexity index is 289.